The van der Waals surface area contributed by atoms with Gasteiger partial charge in [-0.05, 0) is 293 Å². The maximum atomic E-state index is 12.3. The summed E-state index contributed by atoms with van der Waals surface area (Å²) in [5.74, 6) is 11.2. The second kappa shape index (κ2) is 63.6. The second-order valence-corrected chi connectivity index (χ2v) is 38.1. The molecule has 0 radical (unpaired) electrons. The van der Waals surface area contributed by atoms with E-state index in [1.54, 1.807) is 18.1 Å². The number of carbonyl (C=O) groups excluding carboxylic acids is 1. The average molecular weight is 1810 g/mol. The molecule has 4 aliphatic rings. The van der Waals surface area contributed by atoms with Gasteiger partial charge in [0.15, 0.2) is 0 Å². The Morgan fingerprint density at radius 3 is 1.41 bits per heavy atom. The first-order chi connectivity index (χ1) is 63.5. The molecule has 13 rings (SSSR count). The summed E-state index contributed by atoms with van der Waals surface area (Å²) in [6.07, 6.45) is 11.4. The summed E-state index contributed by atoms with van der Waals surface area (Å²) in [6.45, 7) is 57.2. The molecule has 9 aromatic rings. The fraction of sp³-hybridized carbons (Fsp3) is 0.526. The lowest BCUT2D eigenvalue weighted by Crippen LogP contribution is -2.42. The van der Waals surface area contributed by atoms with Gasteiger partial charge < -0.3 is 74.3 Å². The molecule has 8 aromatic carbocycles. The van der Waals surface area contributed by atoms with E-state index in [9.17, 15) is 9.90 Å². The van der Waals surface area contributed by atoms with Crippen LogP contribution in [0.15, 0.2) is 219 Å². The number of piperidine rings is 1. The Balaban J connectivity index is 0.000000234. The molecule has 6 N–H and O–H groups in total. The Labute approximate surface area is 797 Å². The molecule has 2 unspecified atom stereocenters. The molecule has 0 bridgehead atoms. The molecule has 4 fully saturated rings. The number of rotatable bonds is 35. The number of aromatic hydroxyl groups is 1. The molecule has 18 heteroatoms. The van der Waals surface area contributed by atoms with Gasteiger partial charge in [-0.3, -0.25) is 9.88 Å². The number of nitrogens with two attached hydrogens (primary N) is 1. The SMILES string of the molecule is CC(C)c1ccc(OCC2CCCN2)cc1.CC(C)c1ccc(OCC2CCCN2C(=O)OC(C)(C)C)cc1.CC(C)c1ccc(OCC2CCNCC2)cc1.CC(C)c1ccc(OCCCCN)cc1.CC(C)c1ccc(OCCc2ccccn2)cc1.CC(C)c1cccc(OCCN2CCOCC2)c1.CC(C)c1ccccc1O.COCCNCc1ccc(C(C)C)cc1. The standard InChI is InChI=1S/C19H29NO3.C16H19NO.C15H23NO2.C15H23NO.C14H21NO.2C13H21NO.C9H12O/c1-14(2)15-8-10-17(11-9-15)22-13-16-7-6-12-20(16)18(21)23-19(3,4)5;1-13(2)14-6-8-16(9-7-14)18-12-10-15-5-3-4-11-17-15;1-13(2)14-4-3-5-15(12-14)18-11-8-16-6-9-17-10-7-16;1-12(2)14-3-5-15(6-4-14)17-11-13-7-9-16-10-8-13;1-11(2)12-5-7-14(8-6-12)16-10-13-4-3-9-15-13;1-11(2)13-6-4-12(5-7-13)10-14-8-9-15-3;1-11(2)12-5-7-13(8-6-12)15-10-4-3-9-14;1-7(2)8-5-3-4-6-9(8)10/h8-11,14,16H,6-7,12-13H2,1-5H3;3-9,11,13H,10,12H2,1-2H3;3-5,12-13H,6-11H2,1-2H3;3-6,12-13,16H,7-11H2,1-2H3;5-8,11,13,15H,3-4,9-10H2,1-2H3;4-7,11,14H,8-10H2,1-3H3;5-8,11H,3-4,9-10,14H2,1-2H3;3-7,10H,1-2H3. The smallest absolute Gasteiger partial charge is 0.410 e. The van der Waals surface area contributed by atoms with Crippen molar-refractivity contribution in [3.8, 4) is 40.2 Å². The van der Waals surface area contributed by atoms with Crippen molar-refractivity contribution in [2.24, 2.45) is 11.7 Å². The number of pyridine rings is 1. The summed E-state index contributed by atoms with van der Waals surface area (Å²) in [5, 5.41) is 19.4. The summed E-state index contributed by atoms with van der Waals surface area (Å²) in [6, 6.07) is 73.0. The highest BCUT2D eigenvalue weighted by atomic mass is 16.6. The molecule has 4 aliphatic heterocycles. The van der Waals surface area contributed by atoms with Gasteiger partial charge in [0.2, 0.25) is 0 Å². The van der Waals surface area contributed by atoms with Gasteiger partial charge in [-0.1, -0.05) is 232 Å². The summed E-state index contributed by atoms with van der Waals surface area (Å²) < 4.78 is 50.4. The van der Waals surface area contributed by atoms with Crippen molar-refractivity contribution < 1.29 is 52.5 Å². The van der Waals surface area contributed by atoms with Crippen molar-refractivity contribution in [2.45, 2.75) is 261 Å². The summed E-state index contributed by atoms with van der Waals surface area (Å²) in [7, 11) is 1.72. The number of para-hydroxylation sites is 1. The van der Waals surface area contributed by atoms with Gasteiger partial charge in [0.1, 0.15) is 65.7 Å². The average Bonchev–Trinajstić information content (AvgIpc) is 1.71. The molecule has 132 heavy (non-hydrogen) atoms. The number of ether oxygens (including phenoxy) is 9. The Morgan fingerprint density at radius 1 is 0.477 bits per heavy atom. The van der Waals surface area contributed by atoms with Crippen molar-refractivity contribution in [1.29, 1.82) is 0 Å². The predicted octanol–water partition coefficient (Wildman–Crippen LogP) is 25.1. The van der Waals surface area contributed by atoms with Crippen molar-refractivity contribution in [1.82, 2.24) is 30.7 Å². The molecule has 5 heterocycles. The number of carbonyl (C=O) groups is 1. The molecular formula is C114H169N7O11. The van der Waals surface area contributed by atoms with Crippen LogP contribution >= 0.6 is 0 Å². The number of aromatic nitrogens is 1. The minimum absolute atomic E-state index is 0.0922. The topological polar surface area (TPSA) is 202 Å². The zero-order chi connectivity index (χ0) is 95.8. The largest absolute Gasteiger partial charge is 0.508 e. The van der Waals surface area contributed by atoms with Crippen LogP contribution < -0.4 is 50.1 Å². The van der Waals surface area contributed by atoms with Crippen LogP contribution in [0.2, 0.25) is 0 Å². The fourth-order valence-corrected chi connectivity index (χ4v) is 14.6. The van der Waals surface area contributed by atoms with Gasteiger partial charge in [0, 0.05) is 70.7 Å². The molecule has 0 spiro atoms. The van der Waals surface area contributed by atoms with Crippen LogP contribution in [0, 0.1) is 5.92 Å². The molecule has 0 saturated carbocycles. The first-order valence-corrected chi connectivity index (χ1v) is 49.2. The summed E-state index contributed by atoms with van der Waals surface area (Å²) >= 11 is 0. The molecule has 726 valence electrons. The number of nitrogens with one attached hydrogen (secondary N) is 3. The van der Waals surface area contributed by atoms with Crippen molar-refractivity contribution in [2.75, 3.05) is 125 Å². The van der Waals surface area contributed by atoms with Gasteiger partial charge in [0.25, 0.3) is 0 Å². The van der Waals surface area contributed by atoms with E-state index in [1.165, 1.54) is 70.2 Å². The van der Waals surface area contributed by atoms with Gasteiger partial charge in [-0.15, -0.1) is 0 Å². The highest BCUT2D eigenvalue weighted by Crippen LogP contribution is 2.29. The normalized spacial score (nSPS) is 14.9. The quantitative estimate of drug-likeness (QED) is 0.0235. The van der Waals surface area contributed by atoms with E-state index in [0.29, 0.717) is 72.3 Å². The van der Waals surface area contributed by atoms with Crippen LogP contribution in [-0.2, 0) is 27.2 Å². The van der Waals surface area contributed by atoms with Crippen LogP contribution in [0.4, 0.5) is 4.79 Å². The Bertz CT molecular complexity index is 4350. The molecule has 0 aliphatic carbocycles. The van der Waals surface area contributed by atoms with E-state index in [0.717, 1.165) is 195 Å². The van der Waals surface area contributed by atoms with Crippen molar-refractivity contribution >= 4 is 6.09 Å². The molecular weight excluding hydrogens is 1640 g/mol. The van der Waals surface area contributed by atoms with E-state index in [1.807, 2.05) is 106 Å². The van der Waals surface area contributed by atoms with Crippen LogP contribution in [0.5, 0.6) is 40.2 Å². The number of hydrogen-bond donors (Lipinski definition) is 5. The van der Waals surface area contributed by atoms with E-state index in [4.69, 9.17) is 48.4 Å². The lowest BCUT2D eigenvalue weighted by molar-refractivity contribution is 0.0187. The second-order valence-electron chi connectivity index (χ2n) is 38.1. The fourth-order valence-electron chi connectivity index (χ4n) is 14.6. The number of morpholine rings is 1. The minimum atomic E-state index is -0.461. The molecule has 1 aromatic heterocycles. The zero-order valence-electron chi connectivity index (χ0n) is 84.4. The zero-order valence-corrected chi connectivity index (χ0v) is 84.4. The van der Waals surface area contributed by atoms with Crippen LogP contribution in [0.25, 0.3) is 0 Å². The number of hydrogen-bond acceptors (Lipinski definition) is 17. The third kappa shape index (κ3) is 46.4. The van der Waals surface area contributed by atoms with Gasteiger partial charge >= 0.3 is 6.09 Å². The van der Waals surface area contributed by atoms with E-state index in [2.05, 4.69) is 264 Å². The minimum Gasteiger partial charge on any atom is -0.508 e. The van der Waals surface area contributed by atoms with Gasteiger partial charge in [-0.25, -0.2) is 4.79 Å². The van der Waals surface area contributed by atoms with Crippen molar-refractivity contribution in [3.05, 3.63) is 274 Å². The lowest BCUT2D eigenvalue weighted by Gasteiger charge is -2.28. The first-order valence-electron chi connectivity index (χ1n) is 49.2. The first kappa shape index (κ1) is 111. The number of phenols is 1. The Kier molecular flexibility index (Phi) is 53.6. The molecule has 18 nitrogen and oxygen atoms in total. The van der Waals surface area contributed by atoms with Crippen LogP contribution in [-0.4, -0.2) is 169 Å². The van der Waals surface area contributed by atoms with E-state index >= 15 is 0 Å². The van der Waals surface area contributed by atoms with Crippen molar-refractivity contribution in [3.63, 3.8) is 0 Å². The maximum Gasteiger partial charge on any atom is 0.410 e. The molecule has 2 atom stereocenters. The number of amides is 1. The number of phenolic OH excluding ortho intramolecular Hbond substituents is 1. The Hall–Kier alpha value is -9.50. The Morgan fingerprint density at radius 2 is 0.955 bits per heavy atom. The predicted molar refractivity (Wildman–Crippen MR) is 549 cm³/mol. The van der Waals surface area contributed by atoms with Crippen LogP contribution in [0.3, 0.4) is 0 Å². The lowest BCUT2D eigenvalue weighted by atomic mass is 9.99. The number of benzene rings is 8. The summed E-state index contributed by atoms with van der Waals surface area (Å²) in [5.41, 5.74) is 17.8. The summed E-state index contributed by atoms with van der Waals surface area (Å²) in [4.78, 5) is 20.7. The van der Waals surface area contributed by atoms with Gasteiger partial charge in [0.05, 0.1) is 45.7 Å². The number of unbranched alkanes of at least 4 members (excludes halogenated alkanes) is 1. The highest BCUT2D eigenvalue weighted by molar-refractivity contribution is 5.69. The highest BCUT2D eigenvalue weighted by Gasteiger charge is 2.33. The maximum absolute atomic E-state index is 12.3. The van der Waals surface area contributed by atoms with Crippen LogP contribution in [0.1, 0.15) is 286 Å². The number of nitrogens with zero attached hydrogens (tertiary/aromatic N) is 3. The van der Waals surface area contributed by atoms with E-state index < -0.39 is 5.60 Å². The number of methoxy groups -OCH3 is 1. The third-order valence-corrected chi connectivity index (χ3v) is 23.3. The molecule has 4 saturated heterocycles. The third-order valence-electron chi connectivity index (χ3n) is 23.3. The monoisotopic (exact) mass is 1810 g/mol. The molecule has 1 amide bonds. The van der Waals surface area contributed by atoms with E-state index in [-0.39, 0.29) is 12.1 Å². The number of likely N-dealkylation sites (tertiary alicyclic amines) is 1. The van der Waals surface area contributed by atoms with Gasteiger partial charge in [-0.2, -0.15) is 0 Å².